The Hall–Kier alpha value is -1.66. The molecule has 6 nitrogen and oxygen atoms in total. The van der Waals surface area contributed by atoms with Crippen LogP contribution in [0.2, 0.25) is 0 Å². The molecule has 0 aromatic carbocycles. The molecule has 0 aromatic rings. The van der Waals surface area contributed by atoms with Crippen LogP contribution >= 0.6 is 0 Å². The summed E-state index contributed by atoms with van der Waals surface area (Å²) in [6, 6.07) is -0.649. The summed E-state index contributed by atoms with van der Waals surface area (Å²) in [5, 5.41) is 23.1. The predicted octanol–water partition coefficient (Wildman–Crippen LogP) is 16.3. The van der Waals surface area contributed by atoms with Crippen LogP contribution in [0.15, 0.2) is 24.3 Å². The van der Waals surface area contributed by atoms with Gasteiger partial charge in [0.15, 0.2) is 0 Å². The standard InChI is InChI=1S/C55H105NO5/c1-3-5-7-9-11-13-15-17-18-19-20-21-22-23-24-25-26-27-28-31-35-39-43-47-53(58)52(51-57)56-54(59)48-44-40-36-32-30-34-38-42-46-50-61-55(60)49-45-41-37-33-29-16-14-12-10-8-6-4-2/h12,14,43,47,52-53,57-58H,3-11,13,15-42,44-46,48-51H2,1-2H3,(H,56,59)/b14-12-,47-43+. The van der Waals surface area contributed by atoms with Crippen molar-refractivity contribution in [3.8, 4) is 0 Å². The van der Waals surface area contributed by atoms with Crippen molar-refractivity contribution in [2.24, 2.45) is 0 Å². The lowest BCUT2D eigenvalue weighted by Gasteiger charge is -2.20. The largest absolute Gasteiger partial charge is 0.466 e. The van der Waals surface area contributed by atoms with Crippen LogP contribution in [-0.4, -0.2) is 47.4 Å². The van der Waals surface area contributed by atoms with E-state index < -0.39 is 12.1 Å². The number of hydrogen-bond acceptors (Lipinski definition) is 5. The lowest BCUT2D eigenvalue weighted by molar-refractivity contribution is -0.143. The Labute approximate surface area is 380 Å². The summed E-state index contributed by atoms with van der Waals surface area (Å²) < 4.78 is 5.43. The smallest absolute Gasteiger partial charge is 0.305 e. The number of aliphatic hydroxyl groups is 2. The van der Waals surface area contributed by atoms with Gasteiger partial charge in [-0.25, -0.2) is 0 Å². The first kappa shape index (κ1) is 59.3. The maximum Gasteiger partial charge on any atom is 0.305 e. The summed E-state index contributed by atoms with van der Waals surface area (Å²) in [5.41, 5.74) is 0. The number of allylic oxidation sites excluding steroid dienone is 3. The molecular weight excluding hydrogens is 755 g/mol. The van der Waals surface area contributed by atoms with E-state index in [9.17, 15) is 19.8 Å². The highest BCUT2D eigenvalue weighted by molar-refractivity contribution is 5.76. The predicted molar refractivity (Wildman–Crippen MR) is 264 cm³/mol. The fourth-order valence-electron chi connectivity index (χ4n) is 8.27. The highest BCUT2D eigenvalue weighted by Crippen LogP contribution is 2.16. The number of aliphatic hydroxyl groups excluding tert-OH is 2. The number of ether oxygens (including phenoxy) is 1. The normalized spacial score (nSPS) is 12.8. The molecule has 0 fully saturated rings. The fraction of sp³-hybridized carbons (Fsp3) is 0.891. The van der Waals surface area contributed by atoms with Gasteiger partial charge in [0.2, 0.25) is 5.91 Å². The van der Waals surface area contributed by atoms with Crippen molar-refractivity contribution >= 4 is 11.9 Å². The Balaban J connectivity index is 3.52. The molecule has 2 unspecified atom stereocenters. The molecule has 0 saturated carbocycles. The molecule has 0 saturated heterocycles. The van der Waals surface area contributed by atoms with Crippen LogP contribution in [-0.2, 0) is 14.3 Å². The fourth-order valence-corrected chi connectivity index (χ4v) is 8.27. The number of rotatable bonds is 50. The Morgan fingerprint density at radius 3 is 1.20 bits per heavy atom. The third kappa shape index (κ3) is 47.7. The molecule has 0 aliphatic heterocycles. The number of esters is 1. The zero-order valence-electron chi connectivity index (χ0n) is 40.9. The zero-order chi connectivity index (χ0) is 44.4. The van der Waals surface area contributed by atoms with Gasteiger partial charge in [0.25, 0.3) is 0 Å². The van der Waals surface area contributed by atoms with E-state index in [4.69, 9.17) is 4.74 Å². The van der Waals surface area contributed by atoms with E-state index in [1.54, 1.807) is 6.08 Å². The van der Waals surface area contributed by atoms with Gasteiger partial charge >= 0.3 is 5.97 Å². The first-order valence-corrected chi connectivity index (χ1v) is 27.1. The van der Waals surface area contributed by atoms with Crippen LogP contribution in [0.25, 0.3) is 0 Å². The van der Waals surface area contributed by atoms with Crippen molar-refractivity contribution in [3.63, 3.8) is 0 Å². The molecule has 0 aliphatic carbocycles. The molecule has 0 aromatic heterocycles. The Morgan fingerprint density at radius 1 is 0.443 bits per heavy atom. The van der Waals surface area contributed by atoms with Crippen LogP contribution in [0.4, 0.5) is 0 Å². The minimum absolute atomic E-state index is 0.0369. The molecule has 0 heterocycles. The lowest BCUT2D eigenvalue weighted by atomic mass is 10.0. The van der Waals surface area contributed by atoms with Gasteiger partial charge in [-0.1, -0.05) is 244 Å². The summed E-state index contributed by atoms with van der Waals surface area (Å²) in [6.45, 7) is 4.82. The van der Waals surface area contributed by atoms with Gasteiger partial charge in [0.05, 0.1) is 25.4 Å². The van der Waals surface area contributed by atoms with Gasteiger partial charge < -0.3 is 20.3 Å². The maximum absolute atomic E-state index is 12.5. The lowest BCUT2D eigenvalue weighted by Crippen LogP contribution is -2.45. The Bertz CT molecular complexity index is 951. The van der Waals surface area contributed by atoms with E-state index in [2.05, 4.69) is 31.3 Å². The van der Waals surface area contributed by atoms with E-state index in [-0.39, 0.29) is 18.5 Å². The highest BCUT2D eigenvalue weighted by atomic mass is 16.5. The van der Waals surface area contributed by atoms with E-state index in [1.165, 1.54) is 205 Å². The SMILES string of the molecule is CCCCC/C=C\CCCCCCCC(=O)OCCCCCCCCCCCC(=O)NC(CO)C(O)/C=C/CCCCCCCCCCCCCCCCCCCCCCC. The molecule has 0 aliphatic rings. The zero-order valence-corrected chi connectivity index (χ0v) is 40.9. The number of hydrogen-bond donors (Lipinski definition) is 3. The number of nitrogens with one attached hydrogen (secondary N) is 1. The van der Waals surface area contributed by atoms with Crippen molar-refractivity contribution in [3.05, 3.63) is 24.3 Å². The summed E-state index contributed by atoms with van der Waals surface area (Å²) >= 11 is 0. The Morgan fingerprint density at radius 2 is 0.770 bits per heavy atom. The van der Waals surface area contributed by atoms with Gasteiger partial charge in [0.1, 0.15) is 0 Å². The van der Waals surface area contributed by atoms with Crippen LogP contribution in [0.5, 0.6) is 0 Å². The molecule has 2 atom stereocenters. The first-order valence-electron chi connectivity index (χ1n) is 27.1. The molecule has 0 radical (unpaired) electrons. The van der Waals surface area contributed by atoms with Crippen molar-refractivity contribution in [1.29, 1.82) is 0 Å². The molecular formula is C55H105NO5. The first-order chi connectivity index (χ1) is 30.0. The third-order valence-electron chi connectivity index (χ3n) is 12.5. The quantitative estimate of drug-likeness (QED) is 0.0322. The van der Waals surface area contributed by atoms with Crippen molar-refractivity contribution < 1.29 is 24.5 Å². The van der Waals surface area contributed by atoms with Crippen LogP contribution in [0, 0.1) is 0 Å². The summed E-state index contributed by atoms with van der Waals surface area (Å²) in [6.07, 6.45) is 60.4. The van der Waals surface area contributed by atoms with E-state index >= 15 is 0 Å². The third-order valence-corrected chi connectivity index (χ3v) is 12.5. The molecule has 1 amide bonds. The molecule has 0 bridgehead atoms. The molecule has 6 heteroatoms. The number of amides is 1. The van der Waals surface area contributed by atoms with E-state index in [0.29, 0.717) is 19.4 Å². The molecule has 3 N–H and O–H groups in total. The minimum Gasteiger partial charge on any atom is -0.466 e. The molecule has 360 valence electrons. The average molecular weight is 860 g/mol. The van der Waals surface area contributed by atoms with Crippen molar-refractivity contribution in [2.75, 3.05) is 13.2 Å². The van der Waals surface area contributed by atoms with Gasteiger partial charge in [0, 0.05) is 12.8 Å². The monoisotopic (exact) mass is 860 g/mol. The van der Waals surface area contributed by atoms with Gasteiger partial charge in [-0.15, -0.1) is 0 Å². The van der Waals surface area contributed by atoms with E-state index in [1.807, 2.05) is 6.08 Å². The van der Waals surface area contributed by atoms with Gasteiger partial charge in [-0.3, -0.25) is 9.59 Å². The minimum atomic E-state index is -0.863. The van der Waals surface area contributed by atoms with Crippen molar-refractivity contribution in [1.82, 2.24) is 5.32 Å². The van der Waals surface area contributed by atoms with E-state index in [0.717, 1.165) is 57.8 Å². The van der Waals surface area contributed by atoms with Crippen LogP contribution in [0.3, 0.4) is 0 Å². The summed E-state index contributed by atoms with van der Waals surface area (Å²) in [7, 11) is 0. The topological polar surface area (TPSA) is 95.9 Å². The molecule has 0 rings (SSSR count). The van der Waals surface area contributed by atoms with Crippen LogP contribution < -0.4 is 5.32 Å². The number of unbranched alkanes of at least 4 members (excludes halogenated alkanes) is 37. The second-order valence-corrected chi connectivity index (χ2v) is 18.6. The number of carbonyl (C=O) groups excluding carboxylic acids is 2. The number of carbonyl (C=O) groups is 2. The van der Waals surface area contributed by atoms with Gasteiger partial charge in [-0.05, 0) is 57.8 Å². The average Bonchev–Trinajstić information content (AvgIpc) is 3.26. The molecule has 0 spiro atoms. The van der Waals surface area contributed by atoms with Crippen LogP contribution in [0.1, 0.15) is 290 Å². The Kier molecular flexibility index (Phi) is 49.6. The second-order valence-electron chi connectivity index (χ2n) is 18.6. The highest BCUT2D eigenvalue weighted by Gasteiger charge is 2.18. The second kappa shape index (κ2) is 51.0. The van der Waals surface area contributed by atoms with Crippen molar-refractivity contribution in [2.45, 2.75) is 302 Å². The molecule has 61 heavy (non-hydrogen) atoms. The maximum atomic E-state index is 12.5. The summed E-state index contributed by atoms with van der Waals surface area (Å²) in [5.74, 6) is -0.131. The summed E-state index contributed by atoms with van der Waals surface area (Å²) in [4.78, 5) is 24.5. The van der Waals surface area contributed by atoms with Gasteiger partial charge in [-0.2, -0.15) is 0 Å².